The molecule has 14 heavy (non-hydrogen) atoms. The predicted octanol–water partition coefficient (Wildman–Crippen LogP) is 2.94. The minimum absolute atomic E-state index is 0.324. The molecule has 0 aromatic carbocycles. The smallest absolute Gasteiger partial charge is 0.167 e. The predicted molar refractivity (Wildman–Crippen MR) is 55.9 cm³/mol. The molecule has 2 rings (SSSR count). The van der Waals surface area contributed by atoms with Gasteiger partial charge in [0.15, 0.2) is 5.82 Å². The van der Waals surface area contributed by atoms with Crippen LogP contribution in [-0.4, -0.2) is 5.16 Å². The Hall–Kier alpha value is -0.990. The molecule has 1 atom stereocenters. The van der Waals surface area contributed by atoms with Gasteiger partial charge in [-0.3, -0.25) is 0 Å². The van der Waals surface area contributed by atoms with Crippen molar-refractivity contribution in [1.82, 2.24) is 5.16 Å². The van der Waals surface area contributed by atoms with Crippen molar-refractivity contribution in [1.29, 1.82) is 0 Å². The van der Waals surface area contributed by atoms with E-state index < -0.39 is 0 Å². The third-order valence-corrected chi connectivity index (χ3v) is 3.40. The molecule has 78 valence electrons. The van der Waals surface area contributed by atoms with Crippen molar-refractivity contribution < 1.29 is 4.52 Å². The average molecular weight is 194 g/mol. The lowest BCUT2D eigenvalue weighted by molar-refractivity contribution is 0.169. The fraction of sp³-hybridized carbons (Fsp3) is 0.727. The summed E-state index contributed by atoms with van der Waals surface area (Å²) < 4.78 is 5.26. The average Bonchev–Trinajstić information content (AvgIpc) is 2.51. The Kier molecular flexibility index (Phi) is 2.25. The second-order valence-corrected chi connectivity index (χ2v) is 4.94. The summed E-state index contributed by atoms with van der Waals surface area (Å²) in [6.07, 6.45) is 5.07. The molecule has 1 aromatic heterocycles. The lowest BCUT2D eigenvalue weighted by atomic mass is 9.68. The molecule has 1 aliphatic rings. The second kappa shape index (κ2) is 3.30. The molecular formula is C11H18N2O. The van der Waals surface area contributed by atoms with Crippen LogP contribution in [0.1, 0.15) is 51.2 Å². The van der Waals surface area contributed by atoms with Crippen molar-refractivity contribution in [3.8, 4) is 0 Å². The van der Waals surface area contributed by atoms with E-state index in [1.807, 2.05) is 6.07 Å². The van der Waals surface area contributed by atoms with E-state index >= 15 is 0 Å². The lowest BCUT2D eigenvalue weighted by Gasteiger charge is -2.36. The second-order valence-electron chi connectivity index (χ2n) is 4.94. The van der Waals surface area contributed by atoms with Gasteiger partial charge in [0.05, 0.1) is 0 Å². The van der Waals surface area contributed by atoms with Crippen LogP contribution >= 0.6 is 0 Å². The molecule has 1 aromatic rings. The highest BCUT2D eigenvalue weighted by Crippen LogP contribution is 2.46. The van der Waals surface area contributed by atoms with Crippen molar-refractivity contribution in [2.45, 2.75) is 45.4 Å². The molecule has 0 radical (unpaired) electrons. The van der Waals surface area contributed by atoms with Crippen molar-refractivity contribution in [3.05, 3.63) is 11.8 Å². The minimum Gasteiger partial charge on any atom is -0.381 e. The third-order valence-electron chi connectivity index (χ3n) is 3.40. The van der Waals surface area contributed by atoms with E-state index in [9.17, 15) is 0 Å². The number of anilines is 1. The van der Waals surface area contributed by atoms with Gasteiger partial charge in [-0.1, -0.05) is 31.8 Å². The van der Waals surface area contributed by atoms with E-state index in [-0.39, 0.29) is 0 Å². The molecule has 1 heterocycles. The van der Waals surface area contributed by atoms with Crippen LogP contribution in [0.4, 0.5) is 5.82 Å². The fourth-order valence-corrected chi connectivity index (χ4v) is 2.49. The summed E-state index contributed by atoms with van der Waals surface area (Å²) in [7, 11) is 0. The van der Waals surface area contributed by atoms with Gasteiger partial charge in [-0.2, -0.15) is 0 Å². The van der Waals surface area contributed by atoms with E-state index in [2.05, 4.69) is 19.0 Å². The quantitative estimate of drug-likeness (QED) is 0.747. The molecule has 3 heteroatoms. The first-order chi connectivity index (χ1) is 6.59. The molecule has 1 saturated carbocycles. The Morgan fingerprint density at radius 3 is 2.86 bits per heavy atom. The van der Waals surface area contributed by atoms with Gasteiger partial charge in [0, 0.05) is 12.0 Å². The monoisotopic (exact) mass is 194 g/mol. The Bertz CT molecular complexity index is 317. The van der Waals surface area contributed by atoms with E-state index in [1.165, 1.54) is 25.7 Å². The maximum atomic E-state index is 5.57. The SMILES string of the molecule is CC1(C)CCCCC1c1cc(N)no1. The van der Waals surface area contributed by atoms with Crippen molar-refractivity contribution in [2.75, 3.05) is 5.73 Å². The van der Waals surface area contributed by atoms with Crippen LogP contribution in [0.3, 0.4) is 0 Å². The van der Waals surface area contributed by atoms with Gasteiger partial charge in [-0.05, 0) is 18.3 Å². The number of hydrogen-bond acceptors (Lipinski definition) is 3. The largest absolute Gasteiger partial charge is 0.381 e. The van der Waals surface area contributed by atoms with Crippen LogP contribution < -0.4 is 5.73 Å². The molecule has 0 saturated heterocycles. The number of hydrogen-bond donors (Lipinski definition) is 1. The maximum Gasteiger partial charge on any atom is 0.167 e. The van der Waals surface area contributed by atoms with Gasteiger partial charge in [0.1, 0.15) is 5.76 Å². The van der Waals surface area contributed by atoms with E-state index in [0.717, 1.165) is 5.76 Å². The van der Waals surface area contributed by atoms with Crippen LogP contribution in [0.15, 0.2) is 10.6 Å². The first-order valence-electron chi connectivity index (χ1n) is 5.32. The number of rotatable bonds is 1. The number of nitrogens with zero attached hydrogens (tertiary/aromatic N) is 1. The van der Waals surface area contributed by atoms with Gasteiger partial charge in [0.25, 0.3) is 0 Å². The highest BCUT2D eigenvalue weighted by atomic mass is 16.5. The molecule has 3 nitrogen and oxygen atoms in total. The Balaban J connectivity index is 2.23. The molecule has 0 aliphatic heterocycles. The first kappa shape index (κ1) is 9.56. The van der Waals surface area contributed by atoms with Crippen molar-refractivity contribution >= 4 is 5.82 Å². The topological polar surface area (TPSA) is 52.0 Å². The molecule has 1 aliphatic carbocycles. The van der Waals surface area contributed by atoms with E-state index in [4.69, 9.17) is 10.3 Å². The summed E-state index contributed by atoms with van der Waals surface area (Å²) in [6.45, 7) is 4.60. The highest BCUT2D eigenvalue weighted by molar-refractivity contribution is 5.29. The van der Waals surface area contributed by atoms with Crippen molar-refractivity contribution in [2.24, 2.45) is 5.41 Å². The molecule has 1 unspecified atom stereocenters. The number of nitrogen functional groups attached to an aromatic ring is 1. The van der Waals surface area contributed by atoms with Crippen molar-refractivity contribution in [3.63, 3.8) is 0 Å². The van der Waals surface area contributed by atoms with Crippen LogP contribution in [0.25, 0.3) is 0 Å². The highest BCUT2D eigenvalue weighted by Gasteiger charge is 2.35. The minimum atomic E-state index is 0.324. The fourth-order valence-electron chi connectivity index (χ4n) is 2.49. The zero-order chi connectivity index (χ0) is 10.2. The molecule has 2 N–H and O–H groups in total. The van der Waals surface area contributed by atoms with Gasteiger partial charge >= 0.3 is 0 Å². The molecule has 0 amide bonds. The summed E-state index contributed by atoms with van der Waals surface area (Å²) in [4.78, 5) is 0. The van der Waals surface area contributed by atoms with E-state index in [0.29, 0.717) is 17.2 Å². The zero-order valence-electron chi connectivity index (χ0n) is 8.92. The molecule has 0 spiro atoms. The Morgan fingerprint density at radius 1 is 1.50 bits per heavy atom. The lowest BCUT2D eigenvalue weighted by Crippen LogP contribution is -2.25. The Morgan fingerprint density at radius 2 is 2.29 bits per heavy atom. The molecule has 1 fully saturated rings. The summed E-state index contributed by atoms with van der Waals surface area (Å²) in [5, 5.41) is 3.76. The standard InChI is InChI=1S/C11H18N2O/c1-11(2)6-4-3-5-8(11)9-7-10(12)13-14-9/h7-8H,3-6H2,1-2H3,(H2,12,13). The van der Waals surface area contributed by atoms with E-state index in [1.54, 1.807) is 0 Å². The summed E-state index contributed by atoms with van der Waals surface area (Å²) in [5.41, 5.74) is 5.89. The van der Waals surface area contributed by atoms with Gasteiger partial charge in [0.2, 0.25) is 0 Å². The van der Waals surface area contributed by atoms with Crippen LogP contribution in [0.2, 0.25) is 0 Å². The third kappa shape index (κ3) is 1.63. The molecular weight excluding hydrogens is 176 g/mol. The van der Waals surface area contributed by atoms with Crippen LogP contribution in [0.5, 0.6) is 0 Å². The molecule has 0 bridgehead atoms. The Labute approximate surface area is 84.7 Å². The maximum absolute atomic E-state index is 5.57. The van der Waals surface area contributed by atoms with Crippen LogP contribution in [-0.2, 0) is 0 Å². The zero-order valence-corrected chi connectivity index (χ0v) is 8.92. The first-order valence-corrected chi connectivity index (χ1v) is 5.32. The van der Waals surface area contributed by atoms with Gasteiger partial charge in [-0.25, -0.2) is 0 Å². The van der Waals surface area contributed by atoms with Gasteiger partial charge < -0.3 is 10.3 Å². The van der Waals surface area contributed by atoms with Crippen LogP contribution in [0, 0.1) is 5.41 Å². The number of nitrogens with two attached hydrogens (primary N) is 1. The summed E-state index contributed by atoms with van der Waals surface area (Å²) in [6, 6.07) is 1.87. The summed E-state index contributed by atoms with van der Waals surface area (Å²) >= 11 is 0. The number of aromatic nitrogens is 1. The van der Waals surface area contributed by atoms with Gasteiger partial charge in [-0.15, -0.1) is 0 Å². The summed E-state index contributed by atoms with van der Waals surface area (Å²) in [5.74, 6) is 1.95. The normalized spacial score (nSPS) is 26.3.